The highest BCUT2D eigenvalue weighted by atomic mass is 19.4. The molecule has 2 rings (SSSR count). The van der Waals surface area contributed by atoms with Crippen molar-refractivity contribution in [3.05, 3.63) is 65.0 Å². The number of primary amides is 1. The summed E-state index contributed by atoms with van der Waals surface area (Å²) in [7, 11) is 0. The van der Waals surface area contributed by atoms with E-state index in [-0.39, 0.29) is 11.1 Å². The lowest BCUT2D eigenvalue weighted by molar-refractivity contribution is -0.138. The summed E-state index contributed by atoms with van der Waals surface area (Å²) in [4.78, 5) is 26.6. The maximum absolute atomic E-state index is 13.2. The number of hydrogen-bond acceptors (Lipinski definition) is 3. The van der Waals surface area contributed by atoms with Crippen molar-refractivity contribution in [2.45, 2.75) is 12.6 Å². The smallest absolute Gasteiger partial charge is 0.364 e. The topological polar surface area (TPSA) is 73.1 Å². The van der Waals surface area contributed by atoms with E-state index < -0.39 is 35.5 Å². The van der Waals surface area contributed by atoms with Crippen molar-refractivity contribution in [3.8, 4) is 0 Å². The van der Waals surface area contributed by atoms with E-state index in [1.54, 1.807) is 18.2 Å². The standard InChI is InChI=1S/C15H11F3N2O2/c16-15(17,18)12-10(6-7-20-13(12)14(19)22)8-11(21)9-4-2-1-3-5-9/h1-7H,8H2,(H2,19,22). The van der Waals surface area contributed by atoms with E-state index in [1.165, 1.54) is 12.1 Å². The number of nitrogens with two attached hydrogens (primary N) is 1. The molecule has 7 heteroatoms. The third-order valence-electron chi connectivity index (χ3n) is 3.00. The highest BCUT2D eigenvalue weighted by molar-refractivity contribution is 5.98. The zero-order chi connectivity index (χ0) is 16.3. The van der Waals surface area contributed by atoms with Gasteiger partial charge in [-0.2, -0.15) is 13.2 Å². The number of alkyl halides is 3. The number of pyridine rings is 1. The molecule has 0 unspecified atom stereocenters. The monoisotopic (exact) mass is 308 g/mol. The predicted octanol–water partition coefficient (Wildman–Crippen LogP) is 2.62. The van der Waals surface area contributed by atoms with Crippen LogP contribution in [-0.4, -0.2) is 16.7 Å². The van der Waals surface area contributed by atoms with Gasteiger partial charge < -0.3 is 5.73 Å². The van der Waals surface area contributed by atoms with Crippen molar-refractivity contribution < 1.29 is 22.8 Å². The summed E-state index contributed by atoms with van der Waals surface area (Å²) < 4.78 is 39.5. The first kappa shape index (κ1) is 15.7. The molecule has 0 atom stereocenters. The van der Waals surface area contributed by atoms with E-state index in [0.717, 1.165) is 12.3 Å². The van der Waals surface area contributed by atoms with Gasteiger partial charge >= 0.3 is 6.18 Å². The number of aromatic nitrogens is 1. The van der Waals surface area contributed by atoms with E-state index >= 15 is 0 Å². The average molecular weight is 308 g/mol. The summed E-state index contributed by atoms with van der Waals surface area (Å²) in [5.41, 5.74) is 2.75. The number of nitrogens with zero attached hydrogens (tertiary/aromatic N) is 1. The van der Waals surface area contributed by atoms with Gasteiger partial charge in [0, 0.05) is 18.2 Å². The fraction of sp³-hybridized carbons (Fsp3) is 0.133. The first-order valence-corrected chi connectivity index (χ1v) is 6.24. The second-order valence-electron chi connectivity index (χ2n) is 4.52. The average Bonchev–Trinajstić information content (AvgIpc) is 2.46. The van der Waals surface area contributed by atoms with Crippen molar-refractivity contribution in [1.82, 2.24) is 4.98 Å². The fourth-order valence-corrected chi connectivity index (χ4v) is 2.05. The quantitative estimate of drug-likeness (QED) is 0.882. The first-order valence-electron chi connectivity index (χ1n) is 6.24. The van der Waals surface area contributed by atoms with Crippen molar-refractivity contribution in [1.29, 1.82) is 0 Å². The van der Waals surface area contributed by atoms with Gasteiger partial charge in [-0.15, -0.1) is 0 Å². The molecule has 0 saturated carbocycles. The SMILES string of the molecule is NC(=O)c1nccc(CC(=O)c2ccccc2)c1C(F)(F)F. The summed E-state index contributed by atoms with van der Waals surface area (Å²) in [5, 5.41) is 0. The van der Waals surface area contributed by atoms with Gasteiger partial charge in [0.15, 0.2) is 5.78 Å². The summed E-state index contributed by atoms with van der Waals surface area (Å²) in [6, 6.07) is 8.99. The van der Waals surface area contributed by atoms with Gasteiger partial charge in [0.2, 0.25) is 0 Å². The van der Waals surface area contributed by atoms with Gasteiger partial charge in [-0.05, 0) is 11.6 Å². The molecule has 0 aliphatic heterocycles. The van der Waals surface area contributed by atoms with Crippen molar-refractivity contribution in [2.24, 2.45) is 5.73 Å². The van der Waals surface area contributed by atoms with Crippen LogP contribution >= 0.6 is 0 Å². The van der Waals surface area contributed by atoms with Gasteiger partial charge in [0.25, 0.3) is 5.91 Å². The lowest BCUT2D eigenvalue weighted by atomic mass is 9.97. The molecule has 0 radical (unpaired) electrons. The molecule has 1 aromatic carbocycles. The summed E-state index contributed by atoms with van der Waals surface area (Å²) in [5.74, 6) is -1.78. The molecule has 1 amide bonds. The number of carbonyl (C=O) groups excluding carboxylic acids is 2. The van der Waals surface area contributed by atoms with E-state index in [2.05, 4.69) is 4.98 Å². The molecule has 0 saturated heterocycles. The van der Waals surface area contributed by atoms with E-state index in [1.807, 2.05) is 0 Å². The summed E-state index contributed by atoms with van der Waals surface area (Å²) >= 11 is 0. The lowest BCUT2D eigenvalue weighted by Gasteiger charge is -2.14. The molecular weight excluding hydrogens is 297 g/mol. The highest BCUT2D eigenvalue weighted by Crippen LogP contribution is 2.34. The number of benzene rings is 1. The maximum atomic E-state index is 13.2. The molecule has 0 fully saturated rings. The number of amides is 1. The molecule has 0 aliphatic carbocycles. The number of carbonyl (C=O) groups is 2. The van der Waals surface area contributed by atoms with Crippen LogP contribution in [0.15, 0.2) is 42.6 Å². The third kappa shape index (κ3) is 3.30. The Morgan fingerprint density at radius 3 is 2.27 bits per heavy atom. The molecule has 22 heavy (non-hydrogen) atoms. The molecule has 2 N–H and O–H groups in total. The molecule has 0 bridgehead atoms. The van der Waals surface area contributed by atoms with Crippen LogP contribution in [0, 0.1) is 0 Å². The Kier molecular flexibility index (Phi) is 4.25. The Morgan fingerprint density at radius 1 is 1.09 bits per heavy atom. The highest BCUT2D eigenvalue weighted by Gasteiger charge is 2.38. The van der Waals surface area contributed by atoms with Crippen LogP contribution in [0.4, 0.5) is 13.2 Å². The van der Waals surface area contributed by atoms with Crippen LogP contribution in [0.2, 0.25) is 0 Å². The van der Waals surface area contributed by atoms with E-state index in [4.69, 9.17) is 5.73 Å². The van der Waals surface area contributed by atoms with Crippen LogP contribution in [0.25, 0.3) is 0 Å². The zero-order valence-electron chi connectivity index (χ0n) is 11.2. The van der Waals surface area contributed by atoms with Gasteiger partial charge in [-0.3, -0.25) is 14.6 Å². The molecule has 114 valence electrons. The van der Waals surface area contributed by atoms with Gasteiger partial charge in [-0.25, -0.2) is 0 Å². The van der Waals surface area contributed by atoms with Crippen LogP contribution in [-0.2, 0) is 12.6 Å². The number of rotatable bonds is 4. The third-order valence-corrected chi connectivity index (χ3v) is 3.00. The predicted molar refractivity (Wildman–Crippen MR) is 72.2 cm³/mol. The summed E-state index contributed by atoms with van der Waals surface area (Å²) in [6.07, 6.45) is -4.30. The summed E-state index contributed by atoms with van der Waals surface area (Å²) in [6.45, 7) is 0. The van der Waals surface area contributed by atoms with E-state index in [0.29, 0.717) is 0 Å². The van der Waals surface area contributed by atoms with Gasteiger partial charge in [-0.1, -0.05) is 30.3 Å². The van der Waals surface area contributed by atoms with Gasteiger partial charge in [0.05, 0.1) is 5.56 Å². The van der Waals surface area contributed by atoms with Gasteiger partial charge in [0.1, 0.15) is 5.69 Å². The van der Waals surface area contributed by atoms with E-state index in [9.17, 15) is 22.8 Å². The normalized spacial score (nSPS) is 11.2. The van der Waals surface area contributed by atoms with Crippen molar-refractivity contribution >= 4 is 11.7 Å². The second-order valence-corrected chi connectivity index (χ2v) is 4.52. The largest absolute Gasteiger partial charge is 0.418 e. The Morgan fingerprint density at radius 2 is 1.73 bits per heavy atom. The lowest BCUT2D eigenvalue weighted by Crippen LogP contribution is -2.23. The molecule has 0 aliphatic rings. The van der Waals surface area contributed by atoms with Crippen molar-refractivity contribution in [3.63, 3.8) is 0 Å². The Labute approximate surface area is 123 Å². The molecule has 2 aromatic rings. The Hall–Kier alpha value is -2.70. The molecule has 1 aromatic heterocycles. The molecule has 0 spiro atoms. The first-order chi connectivity index (χ1) is 10.3. The second kappa shape index (κ2) is 5.97. The van der Waals surface area contributed by atoms with Crippen LogP contribution in [0.3, 0.4) is 0 Å². The van der Waals surface area contributed by atoms with Crippen LogP contribution in [0.5, 0.6) is 0 Å². The number of halogens is 3. The molecule has 4 nitrogen and oxygen atoms in total. The Bertz CT molecular complexity index is 712. The molecular formula is C15H11F3N2O2. The Balaban J connectivity index is 2.46. The molecule has 1 heterocycles. The van der Waals surface area contributed by atoms with Crippen LogP contribution in [0.1, 0.15) is 32.0 Å². The van der Waals surface area contributed by atoms with Crippen LogP contribution < -0.4 is 5.73 Å². The zero-order valence-corrected chi connectivity index (χ0v) is 11.2. The number of Topliss-reactive ketones (excluding diaryl/α,β-unsaturated/α-hetero) is 1. The minimum absolute atomic E-state index is 0.285. The van der Waals surface area contributed by atoms with Crippen molar-refractivity contribution in [2.75, 3.05) is 0 Å². The minimum atomic E-state index is -4.83. The number of ketones is 1. The maximum Gasteiger partial charge on any atom is 0.418 e. The minimum Gasteiger partial charge on any atom is -0.364 e. The fourth-order valence-electron chi connectivity index (χ4n) is 2.05. The number of hydrogen-bond donors (Lipinski definition) is 1.